The summed E-state index contributed by atoms with van der Waals surface area (Å²) in [6, 6.07) is 7.37. The van der Waals surface area contributed by atoms with Crippen LogP contribution in [0.1, 0.15) is 16.3 Å². The molecule has 0 atom stereocenters. The number of rotatable bonds is 4. The summed E-state index contributed by atoms with van der Waals surface area (Å²) in [7, 11) is 0. The van der Waals surface area contributed by atoms with E-state index in [2.05, 4.69) is 10.3 Å². The average Bonchev–Trinajstić information content (AvgIpc) is 2.80. The predicted octanol–water partition coefficient (Wildman–Crippen LogP) is 2.36. The number of anilines is 1. The fourth-order valence-corrected chi connectivity index (χ4v) is 2.25. The topological polar surface area (TPSA) is 68.0 Å². The van der Waals surface area contributed by atoms with E-state index in [4.69, 9.17) is 5.73 Å². The van der Waals surface area contributed by atoms with Gasteiger partial charge < -0.3 is 11.1 Å². The Labute approximate surface area is 116 Å². The minimum atomic E-state index is -0.143. The van der Waals surface area contributed by atoms with Gasteiger partial charge in [0.25, 0.3) is 0 Å². The van der Waals surface area contributed by atoms with Gasteiger partial charge in [0.15, 0.2) is 0 Å². The van der Waals surface area contributed by atoms with E-state index < -0.39 is 0 Å². The van der Waals surface area contributed by atoms with Crippen LogP contribution in [0, 0.1) is 6.92 Å². The summed E-state index contributed by atoms with van der Waals surface area (Å²) in [6.07, 6.45) is 3.23. The molecule has 19 heavy (non-hydrogen) atoms. The van der Waals surface area contributed by atoms with Crippen molar-refractivity contribution in [2.24, 2.45) is 0 Å². The molecule has 0 bridgehead atoms. The minimum Gasteiger partial charge on any atom is -0.399 e. The van der Waals surface area contributed by atoms with E-state index in [1.807, 2.05) is 36.6 Å². The van der Waals surface area contributed by atoms with Crippen molar-refractivity contribution in [3.05, 3.63) is 52.0 Å². The molecule has 1 aromatic heterocycles. The SMILES string of the molecule is Cc1csc(CNC(=O)/C=C/c2cccc(N)c2)n1. The van der Waals surface area contributed by atoms with Crippen LogP contribution in [0.3, 0.4) is 0 Å². The summed E-state index contributed by atoms with van der Waals surface area (Å²) in [5.74, 6) is -0.143. The number of nitrogens with one attached hydrogen (secondary N) is 1. The van der Waals surface area contributed by atoms with Gasteiger partial charge >= 0.3 is 0 Å². The van der Waals surface area contributed by atoms with E-state index in [-0.39, 0.29) is 5.91 Å². The Kier molecular flexibility index (Phi) is 4.30. The maximum atomic E-state index is 11.6. The van der Waals surface area contributed by atoms with Crippen molar-refractivity contribution in [3.63, 3.8) is 0 Å². The lowest BCUT2D eigenvalue weighted by atomic mass is 10.2. The Balaban J connectivity index is 1.87. The summed E-state index contributed by atoms with van der Waals surface area (Å²) in [4.78, 5) is 15.9. The zero-order chi connectivity index (χ0) is 13.7. The molecule has 1 amide bonds. The molecule has 4 nitrogen and oxygen atoms in total. The molecule has 3 N–H and O–H groups in total. The first-order valence-electron chi connectivity index (χ1n) is 5.86. The highest BCUT2D eigenvalue weighted by atomic mass is 32.1. The van der Waals surface area contributed by atoms with Crippen LogP contribution in [0.15, 0.2) is 35.7 Å². The first kappa shape index (κ1) is 13.3. The summed E-state index contributed by atoms with van der Waals surface area (Å²) in [5, 5.41) is 5.66. The van der Waals surface area contributed by atoms with Gasteiger partial charge in [-0.25, -0.2) is 4.98 Å². The third-order valence-corrected chi connectivity index (χ3v) is 3.38. The van der Waals surface area contributed by atoms with Gasteiger partial charge in [-0.3, -0.25) is 4.79 Å². The third-order valence-electron chi connectivity index (χ3n) is 2.42. The molecule has 2 aromatic rings. The van der Waals surface area contributed by atoms with Crippen molar-refractivity contribution in [2.75, 3.05) is 5.73 Å². The number of hydrogen-bond acceptors (Lipinski definition) is 4. The fraction of sp³-hybridized carbons (Fsp3) is 0.143. The molecule has 2 rings (SSSR count). The molecule has 0 saturated heterocycles. The number of nitrogens with zero attached hydrogens (tertiary/aromatic N) is 1. The highest BCUT2D eigenvalue weighted by Gasteiger charge is 2.00. The van der Waals surface area contributed by atoms with Gasteiger partial charge in [0, 0.05) is 22.8 Å². The lowest BCUT2D eigenvalue weighted by molar-refractivity contribution is -0.116. The predicted molar refractivity (Wildman–Crippen MR) is 78.6 cm³/mol. The second kappa shape index (κ2) is 6.15. The van der Waals surface area contributed by atoms with Gasteiger partial charge in [0.05, 0.1) is 6.54 Å². The molecule has 0 aliphatic rings. The van der Waals surface area contributed by atoms with Crippen LogP contribution in [0.4, 0.5) is 5.69 Å². The molecule has 0 aliphatic heterocycles. The minimum absolute atomic E-state index is 0.143. The van der Waals surface area contributed by atoms with Crippen molar-refractivity contribution in [2.45, 2.75) is 13.5 Å². The van der Waals surface area contributed by atoms with Crippen molar-refractivity contribution >= 4 is 29.0 Å². The summed E-state index contributed by atoms with van der Waals surface area (Å²) >= 11 is 1.54. The van der Waals surface area contributed by atoms with E-state index >= 15 is 0 Å². The van der Waals surface area contributed by atoms with Gasteiger partial charge in [-0.05, 0) is 30.7 Å². The lowest BCUT2D eigenvalue weighted by Gasteiger charge is -1.99. The smallest absolute Gasteiger partial charge is 0.244 e. The molecule has 0 aliphatic carbocycles. The number of benzene rings is 1. The first-order valence-corrected chi connectivity index (χ1v) is 6.74. The van der Waals surface area contributed by atoms with E-state index in [9.17, 15) is 4.79 Å². The van der Waals surface area contributed by atoms with Crippen molar-refractivity contribution < 1.29 is 4.79 Å². The number of nitrogen functional groups attached to an aromatic ring is 1. The zero-order valence-corrected chi connectivity index (χ0v) is 11.4. The molecule has 1 heterocycles. The Hall–Kier alpha value is -2.14. The number of amides is 1. The van der Waals surface area contributed by atoms with Crippen LogP contribution < -0.4 is 11.1 Å². The van der Waals surface area contributed by atoms with Crippen LogP contribution >= 0.6 is 11.3 Å². The van der Waals surface area contributed by atoms with Crippen LogP contribution in [0.5, 0.6) is 0 Å². The maximum Gasteiger partial charge on any atom is 0.244 e. The van der Waals surface area contributed by atoms with Crippen LogP contribution in [0.2, 0.25) is 0 Å². The van der Waals surface area contributed by atoms with Crippen LogP contribution in [0.25, 0.3) is 6.08 Å². The van der Waals surface area contributed by atoms with Crippen molar-refractivity contribution in [1.82, 2.24) is 10.3 Å². The monoisotopic (exact) mass is 273 g/mol. The summed E-state index contributed by atoms with van der Waals surface area (Å²) in [5.41, 5.74) is 8.22. The Morgan fingerprint density at radius 1 is 1.53 bits per heavy atom. The molecule has 0 spiro atoms. The number of nitrogens with two attached hydrogens (primary N) is 1. The van der Waals surface area contributed by atoms with E-state index in [1.165, 1.54) is 6.08 Å². The highest BCUT2D eigenvalue weighted by Crippen LogP contribution is 2.09. The number of aromatic nitrogens is 1. The molecule has 5 heteroatoms. The van der Waals surface area contributed by atoms with Gasteiger partial charge in [0.2, 0.25) is 5.91 Å². The fourth-order valence-electron chi connectivity index (χ4n) is 1.54. The zero-order valence-electron chi connectivity index (χ0n) is 10.6. The average molecular weight is 273 g/mol. The lowest BCUT2D eigenvalue weighted by Crippen LogP contribution is -2.20. The standard InChI is InChI=1S/C14H15N3OS/c1-10-9-19-14(17-10)8-16-13(18)6-5-11-3-2-4-12(15)7-11/h2-7,9H,8,15H2,1H3,(H,16,18)/b6-5+. The number of carbonyl (C=O) groups is 1. The number of carbonyl (C=O) groups excluding carboxylic acids is 1. The van der Waals surface area contributed by atoms with E-state index in [1.54, 1.807) is 17.4 Å². The Morgan fingerprint density at radius 3 is 3.05 bits per heavy atom. The van der Waals surface area contributed by atoms with Gasteiger partial charge in [0.1, 0.15) is 5.01 Å². The molecule has 0 radical (unpaired) electrons. The number of hydrogen-bond donors (Lipinski definition) is 2. The van der Waals surface area contributed by atoms with Crippen molar-refractivity contribution in [3.8, 4) is 0 Å². The molecular weight excluding hydrogens is 258 g/mol. The normalized spacial score (nSPS) is 10.8. The molecular formula is C14H15N3OS. The van der Waals surface area contributed by atoms with E-state index in [0.29, 0.717) is 12.2 Å². The molecule has 98 valence electrons. The molecule has 0 saturated carbocycles. The van der Waals surface area contributed by atoms with Crippen LogP contribution in [-0.4, -0.2) is 10.9 Å². The Morgan fingerprint density at radius 2 is 2.37 bits per heavy atom. The summed E-state index contributed by atoms with van der Waals surface area (Å²) in [6.45, 7) is 2.39. The summed E-state index contributed by atoms with van der Waals surface area (Å²) < 4.78 is 0. The Bertz CT molecular complexity index is 604. The first-order chi connectivity index (χ1) is 9.13. The van der Waals surface area contributed by atoms with Crippen LogP contribution in [-0.2, 0) is 11.3 Å². The maximum absolute atomic E-state index is 11.6. The molecule has 0 unspecified atom stereocenters. The largest absolute Gasteiger partial charge is 0.399 e. The highest BCUT2D eigenvalue weighted by molar-refractivity contribution is 7.09. The van der Waals surface area contributed by atoms with Gasteiger partial charge in [-0.2, -0.15) is 0 Å². The van der Waals surface area contributed by atoms with Gasteiger partial charge in [-0.15, -0.1) is 11.3 Å². The number of thiazole rings is 1. The molecule has 0 fully saturated rings. The van der Waals surface area contributed by atoms with Crippen molar-refractivity contribution in [1.29, 1.82) is 0 Å². The second-order valence-electron chi connectivity index (χ2n) is 4.10. The quantitative estimate of drug-likeness (QED) is 0.664. The van der Waals surface area contributed by atoms with Gasteiger partial charge in [-0.1, -0.05) is 12.1 Å². The second-order valence-corrected chi connectivity index (χ2v) is 5.05. The number of aryl methyl sites for hydroxylation is 1. The third kappa shape index (κ3) is 4.22. The molecule has 1 aromatic carbocycles. The van der Waals surface area contributed by atoms with E-state index in [0.717, 1.165) is 16.3 Å².